The summed E-state index contributed by atoms with van der Waals surface area (Å²) in [6.45, 7) is 0. The van der Waals surface area contributed by atoms with Gasteiger partial charge in [0.2, 0.25) is 0 Å². The Kier molecular flexibility index (Phi) is 2.04. The van der Waals surface area contributed by atoms with Gasteiger partial charge < -0.3 is 5.11 Å². The molecule has 0 heterocycles. The van der Waals surface area contributed by atoms with Gasteiger partial charge in [0, 0.05) is 12.0 Å². The SMILES string of the molecule is N=C=C1C=CC(C(=O)O)=CC1. The molecule has 1 aliphatic carbocycles. The molecule has 1 aliphatic rings. The number of carbonyl (C=O) groups is 1. The maximum Gasteiger partial charge on any atom is 0.335 e. The molecule has 0 bridgehead atoms. The van der Waals surface area contributed by atoms with Crippen LogP contribution >= 0.6 is 0 Å². The average molecular weight is 149 g/mol. The number of hydrogen-bond donors (Lipinski definition) is 2. The van der Waals surface area contributed by atoms with Crippen LogP contribution in [0.2, 0.25) is 0 Å². The van der Waals surface area contributed by atoms with E-state index in [9.17, 15) is 4.79 Å². The first-order valence-electron chi connectivity index (χ1n) is 3.14. The molecule has 0 saturated carbocycles. The Bertz CT molecular complexity index is 293. The molecule has 0 atom stereocenters. The van der Waals surface area contributed by atoms with Gasteiger partial charge in [0.1, 0.15) is 0 Å². The zero-order chi connectivity index (χ0) is 8.27. The second kappa shape index (κ2) is 2.99. The van der Waals surface area contributed by atoms with Crippen molar-refractivity contribution in [2.24, 2.45) is 0 Å². The van der Waals surface area contributed by atoms with Gasteiger partial charge in [-0.1, -0.05) is 6.08 Å². The van der Waals surface area contributed by atoms with Crippen molar-refractivity contribution in [2.75, 3.05) is 0 Å². The minimum atomic E-state index is -0.926. The van der Waals surface area contributed by atoms with Gasteiger partial charge in [-0.25, -0.2) is 4.79 Å². The van der Waals surface area contributed by atoms with E-state index in [0.29, 0.717) is 12.0 Å². The number of allylic oxidation sites excluding steroid dienone is 3. The summed E-state index contributed by atoms with van der Waals surface area (Å²) in [6, 6.07) is 0. The summed E-state index contributed by atoms with van der Waals surface area (Å²) >= 11 is 0. The van der Waals surface area contributed by atoms with Crippen LogP contribution in [-0.2, 0) is 4.79 Å². The summed E-state index contributed by atoms with van der Waals surface area (Å²) in [7, 11) is 0. The largest absolute Gasteiger partial charge is 0.478 e. The van der Waals surface area contributed by atoms with Gasteiger partial charge in [-0.05, 0) is 18.0 Å². The number of aliphatic carboxylic acids is 1. The molecule has 0 radical (unpaired) electrons. The highest BCUT2D eigenvalue weighted by molar-refractivity contribution is 5.90. The fourth-order valence-corrected chi connectivity index (χ4v) is 0.798. The average Bonchev–Trinajstić information content (AvgIpc) is 2.05. The Morgan fingerprint density at radius 2 is 2.36 bits per heavy atom. The van der Waals surface area contributed by atoms with Gasteiger partial charge in [0.15, 0.2) is 0 Å². The maximum absolute atomic E-state index is 10.4. The van der Waals surface area contributed by atoms with Crippen LogP contribution in [0.3, 0.4) is 0 Å². The highest BCUT2D eigenvalue weighted by Crippen LogP contribution is 2.12. The van der Waals surface area contributed by atoms with E-state index >= 15 is 0 Å². The van der Waals surface area contributed by atoms with Gasteiger partial charge in [-0.2, -0.15) is 0 Å². The van der Waals surface area contributed by atoms with Crippen molar-refractivity contribution < 1.29 is 9.90 Å². The molecule has 56 valence electrons. The lowest BCUT2D eigenvalue weighted by Gasteiger charge is -2.01. The van der Waals surface area contributed by atoms with E-state index in [1.165, 1.54) is 6.08 Å². The summed E-state index contributed by atoms with van der Waals surface area (Å²) < 4.78 is 0. The van der Waals surface area contributed by atoms with Crippen LogP contribution in [0.25, 0.3) is 0 Å². The van der Waals surface area contributed by atoms with Crippen molar-refractivity contribution in [1.29, 1.82) is 5.41 Å². The minimum absolute atomic E-state index is 0.281. The van der Waals surface area contributed by atoms with Gasteiger partial charge in [-0.15, -0.1) is 0 Å². The van der Waals surface area contributed by atoms with Crippen LogP contribution in [0, 0.1) is 5.41 Å². The second-order valence-electron chi connectivity index (χ2n) is 2.15. The lowest BCUT2D eigenvalue weighted by Crippen LogP contribution is -2.00. The second-order valence-corrected chi connectivity index (χ2v) is 2.15. The molecule has 3 nitrogen and oxygen atoms in total. The Hall–Kier alpha value is -1.60. The summed E-state index contributed by atoms with van der Waals surface area (Å²) in [5, 5.41) is 15.3. The standard InChI is InChI=1S/C8H7NO2/c9-5-6-1-3-7(4-2-6)8(10)11/h1,3-4,9H,2H2,(H,10,11). The van der Waals surface area contributed by atoms with E-state index in [1.807, 2.05) is 0 Å². The molecule has 3 heteroatoms. The smallest absolute Gasteiger partial charge is 0.335 e. The van der Waals surface area contributed by atoms with Gasteiger partial charge in [-0.3, -0.25) is 5.41 Å². The highest BCUT2D eigenvalue weighted by atomic mass is 16.4. The monoisotopic (exact) mass is 149 g/mol. The van der Waals surface area contributed by atoms with Crippen LogP contribution in [0.15, 0.2) is 29.4 Å². The van der Waals surface area contributed by atoms with Crippen molar-refractivity contribution in [3.05, 3.63) is 29.4 Å². The summed E-state index contributed by atoms with van der Waals surface area (Å²) in [6.07, 6.45) is 5.12. The first kappa shape index (κ1) is 7.51. The normalized spacial score (nSPS) is 15.6. The fourth-order valence-electron chi connectivity index (χ4n) is 0.798. The zero-order valence-electron chi connectivity index (χ0n) is 5.79. The molecule has 0 aromatic rings. The van der Waals surface area contributed by atoms with Crippen LogP contribution in [0.4, 0.5) is 0 Å². The molecule has 0 aliphatic heterocycles. The summed E-state index contributed by atoms with van der Waals surface area (Å²) in [5.74, 6) is 1.28. The Balaban J connectivity index is 2.83. The third-order valence-electron chi connectivity index (χ3n) is 1.41. The van der Waals surface area contributed by atoms with Crippen LogP contribution < -0.4 is 0 Å². The van der Waals surface area contributed by atoms with E-state index in [0.717, 1.165) is 0 Å². The molecule has 0 amide bonds. The van der Waals surface area contributed by atoms with Gasteiger partial charge in [0.25, 0.3) is 0 Å². The predicted octanol–water partition coefficient (Wildman–Crippen LogP) is 1.13. The molecule has 0 unspecified atom stereocenters. The molecule has 0 aromatic heterocycles. The number of carboxylic acids is 1. The molecule has 2 N–H and O–H groups in total. The van der Waals surface area contributed by atoms with Gasteiger partial charge in [0.05, 0.1) is 5.57 Å². The fraction of sp³-hybridized carbons (Fsp3) is 0.125. The van der Waals surface area contributed by atoms with E-state index < -0.39 is 5.97 Å². The quantitative estimate of drug-likeness (QED) is 0.549. The Morgan fingerprint density at radius 1 is 1.64 bits per heavy atom. The van der Waals surface area contributed by atoms with Crippen molar-refractivity contribution in [2.45, 2.75) is 6.42 Å². The molecule has 1 rings (SSSR count). The van der Waals surface area contributed by atoms with E-state index in [-0.39, 0.29) is 5.57 Å². The van der Waals surface area contributed by atoms with E-state index in [2.05, 4.69) is 5.87 Å². The third-order valence-corrected chi connectivity index (χ3v) is 1.41. The molecule has 0 aromatic carbocycles. The molecule has 0 saturated heterocycles. The van der Waals surface area contributed by atoms with Crippen molar-refractivity contribution in [1.82, 2.24) is 0 Å². The van der Waals surface area contributed by atoms with Crippen molar-refractivity contribution >= 4 is 11.8 Å². The zero-order valence-corrected chi connectivity index (χ0v) is 5.79. The maximum atomic E-state index is 10.4. The third kappa shape index (κ3) is 1.66. The Labute approximate surface area is 63.9 Å². The number of rotatable bonds is 1. The minimum Gasteiger partial charge on any atom is -0.478 e. The highest BCUT2D eigenvalue weighted by Gasteiger charge is 2.06. The van der Waals surface area contributed by atoms with E-state index in [1.54, 1.807) is 12.2 Å². The molecular formula is C8H7NO2. The topological polar surface area (TPSA) is 61.2 Å². The number of nitrogens with one attached hydrogen (secondary N) is 1. The van der Waals surface area contributed by atoms with Crippen LogP contribution in [-0.4, -0.2) is 16.9 Å². The summed E-state index contributed by atoms with van der Waals surface area (Å²) in [4.78, 5) is 10.4. The van der Waals surface area contributed by atoms with Gasteiger partial charge >= 0.3 is 5.97 Å². The van der Waals surface area contributed by atoms with Crippen LogP contribution in [0.5, 0.6) is 0 Å². The molecule has 0 spiro atoms. The lowest BCUT2D eigenvalue weighted by atomic mass is 10.0. The molecule has 11 heavy (non-hydrogen) atoms. The lowest BCUT2D eigenvalue weighted by molar-refractivity contribution is -0.132. The van der Waals surface area contributed by atoms with Crippen LogP contribution in [0.1, 0.15) is 6.42 Å². The molecule has 0 fully saturated rings. The first-order valence-corrected chi connectivity index (χ1v) is 3.14. The Morgan fingerprint density at radius 3 is 2.73 bits per heavy atom. The first-order chi connectivity index (χ1) is 5.24. The summed E-state index contributed by atoms with van der Waals surface area (Å²) in [5.41, 5.74) is 0.985. The van der Waals surface area contributed by atoms with Crippen molar-refractivity contribution in [3.8, 4) is 0 Å². The predicted molar refractivity (Wildman–Crippen MR) is 40.7 cm³/mol. The number of hydrogen-bond acceptors (Lipinski definition) is 2. The molecular weight excluding hydrogens is 142 g/mol. The van der Waals surface area contributed by atoms with Crippen molar-refractivity contribution in [3.63, 3.8) is 0 Å². The van der Waals surface area contributed by atoms with E-state index in [4.69, 9.17) is 10.5 Å². The number of carboxylic acid groups (broad SMARTS) is 1.